The Morgan fingerprint density at radius 3 is 2.76 bits per heavy atom. The van der Waals surface area contributed by atoms with E-state index in [0.717, 1.165) is 21.3 Å². The van der Waals surface area contributed by atoms with Crippen molar-refractivity contribution >= 4 is 27.4 Å². The van der Waals surface area contributed by atoms with Gasteiger partial charge in [0.15, 0.2) is 0 Å². The van der Waals surface area contributed by atoms with E-state index < -0.39 is 5.60 Å². The molecule has 126 valence electrons. The average molecular weight is 351 g/mol. The summed E-state index contributed by atoms with van der Waals surface area (Å²) in [4.78, 5) is 9.67. The third kappa shape index (κ3) is 3.01. The van der Waals surface area contributed by atoms with Gasteiger partial charge in [-0.05, 0) is 24.6 Å². The molecule has 3 heterocycles. The Morgan fingerprint density at radius 2 is 2.00 bits per heavy atom. The van der Waals surface area contributed by atoms with Crippen LogP contribution in [0, 0.1) is 0 Å². The Bertz CT molecular complexity index is 979. The maximum atomic E-state index is 10.6. The second-order valence-electron chi connectivity index (χ2n) is 6.02. The molecule has 0 saturated carbocycles. The van der Waals surface area contributed by atoms with Crippen LogP contribution in [0.15, 0.2) is 64.9 Å². The first-order valence-electron chi connectivity index (χ1n) is 7.93. The lowest BCUT2D eigenvalue weighted by atomic mass is 10.0. The number of nitrogens with one attached hydrogen (secondary N) is 1. The topological polar surface area (TPSA) is 71.2 Å². The van der Waals surface area contributed by atoms with Crippen LogP contribution in [-0.4, -0.2) is 21.6 Å². The molecule has 0 saturated heterocycles. The van der Waals surface area contributed by atoms with Gasteiger partial charge in [0, 0.05) is 10.9 Å². The van der Waals surface area contributed by atoms with Crippen LogP contribution in [0.4, 0.5) is 5.82 Å². The summed E-state index contributed by atoms with van der Waals surface area (Å²) in [7, 11) is 0. The van der Waals surface area contributed by atoms with Gasteiger partial charge in [0.2, 0.25) is 0 Å². The third-order valence-electron chi connectivity index (χ3n) is 4.11. The summed E-state index contributed by atoms with van der Waals surface area (Å²) in [6.07, 6.45) is 3.09. The van der Waals surface area contributed by atoms with Gasteiger partial charge in [-0.25, -0.2) is 9.97 Å². The van der Waals surface area contributed by atoms with E-state index in [-0.39, 0.29) is 6.54 Å². The molecule has 4 aromatic rings. The van der Waals surface area contributed by atoms with E-state index in [0.29, 0.717) is 11.6 Å². The number of furan rings is 1. The van der Waals surface area contributed by atoms with Crippen molar-refractivity contribution in [3.05, 3.63) is 66.2 Å². The van der Waals surface area contributed by atoms with Crippen molar-refractivity contribution in [3.8, 4) is 11.1 Å². The molecule has 0 aliphatic heterocycles. The Balaban J connectivity index is 1.69. The molecule has 1 atom stereocenters. The lowest BCUT2D eigenvalue weighted by molar-refractivity contribution is 0.0476. The van der Waals surface area contributed by atoms with Crippen LogP contribution < -0.4 is 5.32 Å². The zero-order valence-corrected chi connectivity index (χ0v) is 14.5. The quantitative estimate of drug-likeness (QED) is 0.562. The number of thiophene rings is 1. The monoisotopic (exact) mass is 351 g/mol. The minimum atomic E-state index is -1.14. The summed E-state index contributed by atoms with van der Waals surface area (Å²) < 4.78 is 5.33. The van der Waals surface area contributed by atoms with E-state index in [2.05, 4.69) is 32.8 Å². The van der Waals surface area contributed by atoms with Crippen LogP contribution in [0.25, 0.3) is 21.3 Å². The summed E-state index contributed by atoms with van der Waals surface area (Å²) in [6.45, 7) is 1.99. The van der Waals surface area contributed by atoms with Crippen molar-refractivity contribution < 1.29 is 9.52 Å². The first-order chi connectivity index (χ1) is 12.1. The van der Waals surface area contributed by atoms with Crippen molar-refractivity contribution in [2.45, 2.75) is 12.5 Å². The van der Waals surface area contributed by atoms with Crippen LogP contribution in [0.1, 0.15) is 12.7 Å². The van der Waals surface area contributed by atoms with Crippen molar-refractivity contribution in [2.75, 3.05) is 11.9 Å². The van der Waals surface area contributed by atoms with Gasteiger partial charge in [-0.2, -0.15) is 0 Å². The fourth-order valence-electron chi connectivity index (χ4n) is 2.77. The smallest absolute Gasteiger partial charge is 0.138 e. The molecule has 0 fully saturated rings. The minimum absolute atomic E-state index is 0.275. The minimum Gasteiger partial charge on any atom is -0.466 e. The molecule has 0 unspecified atom stereocenters. The van der Waals surface area contributed by atoms with Gasteiger partial charge in [0.25, 0.3) is 0 Å². The fourth-order valence-corrected chi connectivity index (χ4v) is 3.68. The molecule has 2 N–H and O–H groups in total. The Hall–Kier alpha value is -2.70. The van der Waals surface area contributed by atoms with Crippen LogP contribution in [-0.2, 0) is 5.60 Å². The van der Waals surface area contributed by atoms with Gasteiger partial charge in [0.1, 0.15) is 28.3 Å². The SMILES string of the molecule is C[C@@](O)(CNc1ncnc2scc(-c3ccccc3)c12)c1ccco1. The molecule has 0 radical (unpaired) electrons. The predicted octanol–water partition coefficient (Wildman–Crippen LogP) is 4.27. The number of aliphatic hydroxyl groups is 1. The number of aromatic nitrogens is 2. The molecule has 1 aromatic carbocycles. The van der Waals surface area contributed by atoms with E-state index in [1.54, 1.807) is 36.7 Å². The van der Waals surface area contributed by atoms with Crippen LogP contribution in [0.3, 0.4) is 0 Å². The standard InChI is InChI=1S/C19H17N3O2S/c1-19(23,15-8-5-9-24-15)11-20-17-16-14(13-6-3-2-4-7-13)10-25-18(16)22-12-21-17/h2-10,12,23H,11H2,1H3,(H,20,21,22)/t19-/m1/s1. The maximum Gasteiger partial charge on any atom is 0.138 e. The number of fused-ring (bicyclic) bond motifs is 1. The first-order valence-corrected chi connectivity index (χ1v) is 8.81. The highest BCUT2D eigenvalue weighted by molar-refractivity contribution is 7.17. The molecule has 0 aliphatic carbocycles. The van der Waals surface area contributed by atoms with Gasteiger partial charge >= 0.3 is 0 Å². The van der Waals surface area contributed by atoms with E-state index in [4.69, 9.17) is 4.42 Å². The average Bonchev–Trinajstić information content (AvgIpc) is 3.31. The largest absolute Gasteiger partial charge is 0.466 e. The second kappa shape index (κ2) is 6.31. The summed E-state index contributed by atoms with van der Waals surface area (Å²) in [5.41, 5.74) is 1.06. The lowest BCUT2D eigenvalue weighted by Crippen LogP contribution is -2.30. The lowest BCUT2D eigenvalue weighted by Gasteiger charge is -2.21. The van der Waals surface area contributed by atoms with Gasteiger partial charge < -0.3 is 14.8 Å². The number of benzene rings is 1. The van der Waals surface area contributed by atoms with Gasteiger partial charge in [-0.1, -0.05) is 30.3 Å². The molecule has 6 heteroatoms. The van der Waals surface area contributed by atoms with Crippen LogP contribution >= 0.6 is 11.3 Å². The number of rotatable bonds is 5. The van der Waals surface area contributed by atoms with Gasteiger partial charge in [0.05, 0.1) is 18.2 Å². The zero-order chi connectivity index (χ0) is 17.3. The summed E-state index contributed by atoms with van der Waals surface area (Å²) in [5.74, 6) is 1.22. The first kappa shape index (κ1) is 15.8. The fraction of sp³-hybridized carbons (Fsp3) is 0.158. The van der Waals surface area contributed by atoms with Crippen LogP contribution in [0.2, 0.25) is 0 Å². The van der Waals surface area contributed by atoms with Gasteiger partial charge in [-0.15, -0.1) is 11.3 Å². The van der Waals surface area contributed by atoms with E-state index in [1.165, 1.54) is 6.33 Å². The summed E-state index contributed by atoms with van der Waals surface area (Å²) >= 11 is 1.58. The van der Waals surface area contributed by atoms with Crippen molar-refractivity contribution in [1.29, 1.82) is 0 Å². The normalized spacial score (nSPS) is 13.7. The molecular weight excluding hydrogens is 334 g/mol. The molecule has 3 aromatic heterocycles. The second-order valence-corrected chi connectivity index (χ2v) is 6.88. The molecular formula is C19H17N3O2S. The van der Waals surface area contributed by atoms with Crippen molar-refractivity contribution in [3.63, 3.8) is 0 Å². The van der Waals surface area contributed by atoms with Gasteiger partial charge in [-0.3, -0.25) is 0 Å². The van der Waals surface area contributed by atoms with Crippen molar-refractivity contribution in [2.24, 2.45) is 0 Å². The summed E-state index contributed by atoms with van der Waals surface area (Å²) in [6, 6.07) is 13.7. The Labute approximate surface area is 149 Å². The molecule has 0 bridgehead atoms. The maximum absolute atomic E-state index is 10.6. The van der Waals surface area contributed by atoms with E-state index in [1.807, 2.05) is 18.2 Å². The number of anilines is 1. The van der Waals surface area contributed by atoms with Crippen molar-refractivity contribution in [1.82, 2.24) is 9.97 Å². The molecule has 0 spiro atoms. The highest BCUT2D eigenvalue weighted by Crippen LogP contribution is 2.36. The highest BCUT2D eigenvalue weighted by atomic mass is 32.1. The molecule has 25 heavy (non-hydrogen) atoms. The molecule has 5 nitrogen and oxygen atoms in total. The summed E-state index contributed by atoms with van der Waals surface area (Å²) in [5, 5.41) is 17.0. The Kier molecular flexibility index (Phi) is 3.99. The number of hydrogen-bond acceptors (Lipinski definition) is 6. The Morgan fingerprint density at radius 1 is 1.16 bits per heavy atom. The number of nitrogens with zero attached hydrogens (tertiary/aromatic N) is 2. The highest BCUT2D eigenvalue weighted by Gasteiger charge is 2.26. The molecule has 4 rings (SSSR count). The zero-order valence-electron chi connectivity index (χ0n) is 13.6. The van der Waals surface area contributed by atoms with E-state index >= 15 is 0 Å². The molecule has 0 aliphatic rings. The predicted molar refractivity (Wildman–Crippen MR) is 99.6 cm³/mol. The third-order valence-corrected chi connectivity index (χ3v) is 4.99. The van der Waals surface area contributed by atoms with Crippen LogP contribution in [0.5, 0.6) is 0 Å². The molecule has 0 amide bonds. The van der Waals surface area contributed by atoms with E-state index in [9.17, 15) is 5.11 Å². The number of hydrogen-bond donors (Lipinski definition) is 2.